The van der Waals surface area contributed by atoms with Crippen molar-refractivity contribution in [2.45, 2.75) is 19.1 Å². The summed E-state index contributed by atoms with van der Waals surface area (Å²) in [5.74, 6) is -0.487. The summed E-state index contributed by atoms with van der Waals surface area (Å²) in [7, 11) is 4.28. The molecule has 0 radical (unpaired) electrons. The summed E-state index contributed by atoms with van der Waals surface area (Å²) < 4.78 is 44.7. The van der Waals surface area contributed by atoms with Gasteiger partial charge in [0.2, 0.25) is 11.7 Å². The van der Waals surface area contributed by atoms with Crippen LogP contribution in [0.4, 0.5) is 19.3 Å². The fourth-order valence-corrected chi connectivity index (χ4v) is 3.50. The van der Waals surface area contributed by atoms with Crippen molar-refractivity contribution in [3.63, 3.8) is 0 Å². The third kappa shape index (κ3) is 4.80. The molecule has 182 valence electrons. The molecule has 1 aliphatic heterocycles. The number of urea groups is 1. The summed E-state index contributed by atoms with van der Waals surface area (Å²) in [5.41, 5.74) is -0.864. The molecule has 0 bridgehead atoms. The van der Waals surface area contributed by atoms with Crippen LogP contribution in [-0.4, -0.2) is 57.2 Å². The minimum atomic E-state index is -2.99. The number of nitrogens with zero attached hydrogens (tertiary/aromatic N) is 1. The Balaban J connectivity index is 1.74. The van der Waals surface area contributed by atoms with Gasteiger partial charge in [-0.1, -0.05) is 12.1 Å². The summed E-state index contributed by atoms with van der Waals surface area (Å²) in [4.78, 5) is 38.9. The molecule has 12 heteroatoms. The van der Waals surface area contributed by atoms with E-state index in [0.29, 0.717) is 28.5 Å². The van der Waals surface area contributed by atoms with E-state index >= 15 is 0 Å². The van der Waals surface area contributed by atoms with Crippen molar-refractivity contribution in [3.05, 3.63) is 42.0 Å². The second kappa shape index (κ2) is 9.81. The topological polar surface area (TPSA) is 115 Å². The molecule has 1 fully saturated rings. The third-order valence-electron chi connectivity index (χ3n) is 5.18. The summed E-state index contributed by atoms with van der Waals surface area (Å²) in [6.45, 7) is -2.11. The first-order chi connectivity index (χ1) is 16.1. The lowest BCUT2D eigenvalue weighted by atomic mass is 9.92. The number of carbonyl (C=O) groups is 3. The number of nitrogens with one attached hydrogen (secondary N) is 2. The lowest BCUT2D eigenvalue weighted by molar-refractivity contribution is -0.133. The Labute approximate surface area is 193 Å². The number of benzene rings is 2. The molecule has 4 amide bonds. The summed E-state index contributed by atoms with van der Waals surface area (Å²) >= 11 is 0. The van der Waals surface area contributed by atoms with E-state index in [0.717, 1.165) is 4.90 Å². The minimum absolute atomic E-state index is 0.0966. The Kier molecular flexibility index (Phi) is 7.08. The number of ether oxygens (including phenoxy) is 4. The van der Waals surface area contributed by atoms with Gasteiger partial charge in [0.1, 0.15) is 17.8 Å². The number of alkyl halides is 2. The molecule has 10 nitrogen and oxygen atoms in total. The molecule has 0 aromatic heterocycles. The zero-order chi connectivity index (χ0) is 25.0. The molecule has 1 saturated heterocycles. The normalized spacial score (nSPS) is 17.4. The highest BCUT2D eigenvalue weighted by Gasteiger charge is 2.49. The zero-order valence-corrected chi connectivity index (χ0v) is 18.8. The van der Waals surface area contributed by atoms with Crippen LogP contribution >= 0.6 is 0 Å². The molecule has 2 aromatic rings. The van der Waals surface area contributed by atoms with Crippen molar-refractivity contribution in [1.82, 2.24) is 10.2 Å². The molecule has 34 heavy (non-hydrogen) atoms. The van der Waals surface area contributed by atoms with E-state index in [1.54, 1.807) is 0 Å². The molecule has 2 N–H and O–H groups in total. The van der Waals surface area contributed by atoms with E-state index in [2.05, 4.69) is 15.4 Å². The Bertz CT molecular complexity index is 1070. The molecule has 0 aliphatic carbocycles. The van der Waals surface area contributed by atoms with Gasteiger partial charge in [0.05, 0.1) is 21.3 Å². The van der Waals surface area contributed by atoms with Crippen molar-refractivity contribution >= 4 is 23.5 Å². The largest absolute Gasteiger partial charge is 0.493 e. The Morgan fingerprint density at radius 2 is 1.65 bits per heavy atom. The van der Waals surface area contributed by atoms with Crippen LogP contribution in [0.3, 0.4) is 0 Å². The molecule has 2 aromatic carbocycles. The van der Waals surface area contributed by atoms with Crippen molar-refractivity contribution in [1.29, 1.82) is 0 Å². The smallest absolute Gasteiger partial charge is 0.387 e. The van der Waals surface area contributed by atoms with Crippen LogP contribution in [0, 0.1) is 0 Å². The van der Waals surface area contributed by atoms with E-state index in [-0.39, 0.29) is 5.75 Å². The first kappa shape index (κ1) is 24.6. The fraction of sp³-hybridized carbons (Fsp3) is 0.318. The van der Waals surface area contributed by atoms with Crippen LogP contribution in [-0.2, 0) is 15.1 Å². The lowest BCUT2D eigenvalue weighted by Gasteiger charge is -2.22. The van der Waals surface area contributed by atoms with Crippen molar-refractivity contribution in [2.24, 2.45) is 0 Å². The molecule has 1 unspecified atom stereocenters. The van der Waals surface area contributed by atoms with Gasteiger partial charge in [-0.15, -0.1) is 0 Å². The van der Waals surface area contributed by atoms with Gasteiger partial charge in [-0.3, -0.25) is 14.5 Å². The van der Waals surface area contributed by atoms with Crippen molar-refractivity contribution in [2.75, 3.05) is 33.2 Å². The van der Waals surface area contributed by atoms with Crippen LogP contribution in [0.2, 0.25) is 0 Å². The standard InChI is InChI=1S/C22H23F2N3O7/c1-22(12-5-7-14(8-6-12)34-20(23)24)19(29)27(21(30)26-22)11-17(28)25-13-9-15(31-2)18(33-4)16(10-13)32-3/h5-10,20H,11H2,1-4H3,(H,25,28)(H,26,30). The number of hydrogen-bond acceptors (Lipinski definition) is 7. The van der Waals surface area contributed by atoms with Gasteiger partial charge >= 0.3 is 12.6 Å². The minimum Gasteiger partial charge on any atom is -0.493 e. The number of methoxy groups -OCH3 is 3. The Morgan fingerprint density at radius 3 is 2.15 bits per heavy atom. The maximum Gasteiger partial charge on any atom is 0.387 e. The van der Waals surface area contributed by atoms with Gasteiger partial charge in [-0.25, -0.2) is 4.79 Å². The van der Waals surface area contributed by atoms with E-state index in [9.17, 15) is 23.2 Å². The van der Waals surface area contributed by atoms with Gasteiger partial charge in [0.25, 0.3) is 5.91 Å². The average molecular weight is 479 g/mol. The van der Waals surface area contributed by atoms with Crippen LogP contribution in [0.5, 0.6) is 23.0 Å². The second-order valence-corrected chi connectivity index (χ2v) is 7.31. The maximum absolute atomic E-state index is 13.0. The van der Waals surface area contributed by atoms with E-state index < -0.39 is 36.5 Å². The number of carbonyl (C=O) groups excluding carboxylic acids is 3. The highest BCUT2D eigenvalue weighted by molar-refractivity contribution is 6.10. The predicted molar refractivity (Wildman–Crippen MR) is 115 cm³/mol. The number of imide groups is 1. The van der Waals surface area contributed by atoms with Gasteiger partial charge < -0.3 is 29.6 Å². The molecule has 1 atom stereocenters. The number of hydrogen-bond donors (Lipinski definition) is 2. The predicted octanol–water partition coefficient (Wildman–Crippen LogP) is 2.72. The number of rotatable bonds is 9. The van der Waals surface area contributed by atoms with Crippen molar-refractivity contribution in [3.8, 4) is 23.0 Å². The first-order valence-corrected chi connectivity index (χ1v) is 9.92. The Morgan fingerprint density at radius 1 is 1.06 bits per heavy atom. The van der Waals surface area contributed by atoms with Crippen molar-refractivity contribution < 1.29 is 42.1 Å². The Hall–Kier alpha value is -4.09. The average Bonchev–Trinajstić information content (AvgIpc) is 3.02. The van der Waals surface area contributed by atoms with E-state index in [1.165, 1.54) is 64.7 Å². The number of amides is 4. The molecule has 3 rings (SSSR count). The summed E-state index contributed by atoms with van der Waals surface area (Å²) in [6.07, 6.45) is 0. The van der Waals surface area contributed by atoms with Gasteiger partial charge in [-0.05, 0) is 24.6 Å². The molecule has 1 heterocycles. The second-order valence-electron chi connectivity index (χ2n) is 7.31. The highest BCUT2D eigenvalue weighted by Crippen LogP contribution is 2.40. The van der Waals surface area contributed by atoms with Crippen LogP contribution < -0.4 is 29.6 Å². The zero-order valence-electron chi connectivity index (χ0n) is 18.8. The van der Waals surface area contributed by atoms with Gasteiger partial charge in [-0.2, -0.15) is 8.78 Å². The third-order valence-corrected chi connectivity index (χ3v) is 5.18. The van der Waals surface area contributed by atoms with Crippen LogP contribution in [0.25, 0.3) is 0 Å². The molecular formula is C22H23F2N3O7. The van der Waals surface area contributed by atoms with E-state index in [4.69, 9.17) is 14.2 Å². The van der Waals surface area contributed by atoms with Gasteiger partial charge in [0, 0.05) is 17.8 Å². The van der Waals surface area contributed by atoms with Gasteiger partial charge in [0.15, 0.2) is 11.5 Å². The molecule has 1 aliphatic rings. The quantitative estimate of drug-likeness (QED) is 0.532. The molecular weight excluding hydrogens is 456 g/mol. The highest BCUT2D eigenvalue weighted by atomic mass is 19.3. The number of anilines is 1. The molecule has 0 spiro atoms. The SMILES string of the molecule is COc1cc(NC(=O)CN2C(=O)NC(C)(c3ccc(OC(F)F)cc3)C2=O)cc(OC)c1OC. The van der Waals surface area contributed by atoms with E-state index in [1.807, 2.05) is 0 Å². The monoisotopic (exact) mass is 479 g/mol. The first-order valence-electron chi connectivity index (χ1n) is 9.92. The fourth-order valence-electron chi connectivity index (χ4n) is 3.50. The summed E-state index contributed by atoms with van der Waals surface area (Å²) in [6, 6.07) is 7.50. The number of halogens is 2. The maximum atomic E-state index is 13.0. The summed E-state index contributed by atoms with van der Waals surface area (Å²) in [5, 5.41) is 5.13. The van der Waals surface area contributed by atoms with Crippen LogP contribution in [0.1, 0.15) is 12.5 Å². The van der Waals surface area contributed by atoms with Crippen LogP contribution in [0.15, 0.2) is 36.4 Å². The lowest BCUT2D eigenvalue weighted by Crippen LogP contribution is -2.42. The molecule has 0 saturated carbocycles.